The highest BCUT2D eigenvalue weighted by atomic mass is 79.9. The lowest BCUT2D eigenvalue weighted by atomic mass is 10.1. The van der Waals surface area contributed by atoms with Gasteiger partial charge in [-0.2, -0.15) is 0 Å². The highest BCUT2D eigenvalue weighted by molar-refractivity contribution is 9.10. The standard InChI is InChI=1S/C11H8BrCl2NS/c12-7-5-6(1-2-8(7)13)10(15)11-9(14)3-4-16-11/h1-5,10H,15H2. The van der Waals surface area contributed by atoms with E-state index in [0.29, 0.717) is 10.0 Å². The molecule has 2 N–H and O–H groups in total. The Morgan fingerprint density at radius 3 is 2.50 bits per heavy atom. The fourth-order valence-electron chi connectivity index (χ4n) is 1.38. The van der Waals surface area contributed by atoms with Crippen molar-refractivity contribution in [2.75, 3.05) is 0 Å². The molecule has 0 aliphatic rings. The number of thiophene rings is 1. The third-order valence-electron chi connectivity index (χ3n) is 2.23. The summed E-state index contributed by atoms with van der Waals surface area (Å²) >= 11 is 16.9. The highest BCUT2D eigenvalue weighted by Gasteiger charge is 2.14. The van der Waals surface area contributed by atoms with E-state index >= 15 is 0 Å². The van der Waals surface area contributed by atoms with Crippen molar-refractivity contribution in [3.63, 3.8) is 0 Å². The average Bonchev–Trinajstić information content (AvgIpc) is 2.67. The van der Waals surface area contributed by atoms with Crippen LogP contribution in [-0.4, -0.2) is 0 Å². The van der Waals surface area contributed by atoms with Gasteiger partial charge in [0.05, 0.1) is 16.1 Å². The van der Waals surface area contributed by atoms with Crippen LogP contribution < -0.4 is 5.73 Å². The Balaban J connectivity index is 2.38. The van der Waals surface area contributed by atoms with E-state index in [0.717, 1.165) is 14.9 Å². The number of benzene rings is 1. The van der Waals surface area contributed by atoms with Gasteiger partial charge in [-0.05, 0) is 45.1 Å². The molecule has 16 heavy (non-hydrogen) atoms. The van der Waals surface area contributed by atoms with Crippen LogP contribution in [0.5, 0.6) is 0 Å². The minimum Gasteiger partial charge on any atom is -0.320 e. The molecule has 1 unspecified atom stereocenters. The Labute approximate surface area is 116 Å². The minimum absolute atomic E-state index is 0.207. The van der Waals surface area contributed by atoms with E-state index in [1.165, 1.54) is 0 Å². The van der Waals surface area contributed by atoms with E-state index in [2.05, 4.69) is 15.9 Å². The topological polar surface area (TPSA) is 26.0 Å². The molecule has 0 radical (unpaired) electrons. The van der Waals surface area contributed by atoms with E-state index in [4.69, 9.17) is 28.9 Å². The Morgan fingerprint density at radius 2 is 1.94 bits per heavy atom. The van der Waals surface area contributed by atoms with Gasteiger partial charge < -0.3 is 5.73 Å². The summed E-state index contributed by atoms with van der Waals surface area (Å²) in [5.41, 5.74) is 7.13. The van der Waals surface area contributed by atoms with Gasteiger partial charge in [-0.15, -0.1) is 11.3 Å². The summed E-state index contributed by atoms with van der Waals surface area (Å²) in [7, 11) is 0. The molecule has 0 saturated heterocycles. The molecule has 1 heterocycles. The Hall–Kier alpha value is -0.0600. The smallest absolute Gasteiger partial charge is 0.0661 e. The third-order valence-corrected chi connectivity index (χ3v) is 4.89. The monoisotopic (exact) mass is 335 g/mol. The summed E-state index contributed by atoms with van der Waals surface area (Å²) < 4.78 is 0.842. The summed E-state index contributed by atoms with van der Waals surface area (Å²) in [6.45, 7) is 0. The zero-order chi connectivity index (χ0) is 11.7. The summed E-state index contributed by atoms with van der Waals surface area (Å²) in [6, 6.07) is 7.30. The van der Waals surface area contributed by atoms with Gasteiger partial charge >= 0.3 is 0 Å². The Kier molecular flexibility index (Phi) is 3.93. The third kappa shape index (κ3) is 2.44. The molecule has 0 bridgehead atoms. The molecule has 0 amide bonds. The summed E-state index contributed by atoms with van der Waals surface area (Å²) in [4.78, 5) is 0.968. The largest absolute Gasteiger partial charge is 0.320 e. The van der Waals surface area contributed by atoms with Crippen molar-refractivity contribution in [3.05, 3.63) is 54.6 Å². The molecular formula is C11H8BrCl2NS. The molecule has 2 aromatic rings. The fourth-order valence-corrected chi connectivity index (χ4v) is 3.10. The molecule has 1 nitrogen and oxygen atoms in total. The maximum atomic E-state index is 6.14. The zero-order valence-electron chi connectivity index (χ0n) is 8.08. The Bertz CT molecular complexity index is 512. The van der Waals surface area contributed by atoms with Crippen molar-refractivity contribution in [2.24, 2.45) is 5.73 Å². The summed E-state index contributed by atoms with van der Waals surface area (Å²) in [5.74, 6) is 0. The van der Waals surface area contributed by atoms with Gasteiger partial charge in [-0.3, -0.25) is 0 Å². The van der Waals surface area contributed by atoms with Crippen LogP contribution in [-0.2, 0) is 0 Å². The molecule has 84 valence electrons. The van der Waals surface area contributed by atoms with Crippen LogP contribution in [0.4, 0.5) is 0 Å². The second-order valence-corrected chi connectivity index (χ2v) is 5.90. The first-order valence-electron chi connectivity index (χ1n) is 4.53. The maximum absolute atomic E-state index is 6.14. The van der Waals surface area contributed by atoms with Gasteiger partial charge in [0.2, 0.25) is 0 Å². The van der Waals surface area contributed by atoms with Gasteiger partial charge in [-0.1, -0.05) is 29.3 Å². The highest BCUT2D eigenvalue weighted by Crippen LogP contribution is 2.33. The second-order valence-electron chi connectivity index (χ2n) is 3.28. The second kappa shape index (κ2) is 5.07. The van der Waals surface area contributed by atoms with E-state index < -0.39 is 0 Å². The Morgan fingerprint density at radius 1 is 1.19 bits per heavy atom. The molecule has 5 heteroatoms. The van der Waals surface area contributed by atoms with Crippen molar-refractivity contribution < 1.29 is 0 Å². The lowest BCUT2D eigenvalue weighted by Gasteiger charge is -2.11. The van der Waals surface area contributed by atoms with Crippen LogP contribution in [0.25, 0.3) is 0 Å². The predicted octanol–water partition coefficient (Wildman–Crippen LogP) is 4.87. The van der Waals surface area contributed by atoms with E-state index in [-0.39, 0.29) is 6.04 Å². The first kappa shape index (κ1) is 12.4. The fraction of sp³-hybridized carbons (Fsp3) is 0.0909. The molecule has 2 rings (SSSR count). The number of hydrogen-bond acceptors (Lipinski definition) is 2. The van der Waals surface area contributed by atoms with Crippen LogP contribution in [0.1, 0.15) is 16.5 Å². The lowest BCUT2D eigenvalue weighted by Crippen LogP contribution is -2.10. The average molecular weight is 337 g/mol. The normalized spacial score (nSPS) is 12.8. The van der Waals surface area contributed by atoms with Crippen LogP contribution in [0, 0.1) is 0 Å². The van der Waals surface area contributed by atoms with E-state index in [1.54, 1.807) is 11.3 Å². The van der Waals surface area contributed by atoms with E-state index in [1.807, 2.05) is 29.6 Å². The van der Waals surface area contributed by atoms with Crippen LogP contribution in [0.15, 0.2) is 34.1 Å². The predicted molar refractivity (Wildman–Crippen MR) is 74.5 cm³/mol. The number of nitrogens with two attached hydrogens (primary N) is 1. The molecule has 0 spiro atoms. The van der Waals surface area contributed by atoms with Gasteiger partial charge in [0, 0.05) is 9.35 Å². The van der Waals surface area contributed by atoms with Crippen molar-refractivity contribution in [1.29, 1.82) is 0 Å². The molecule has 0 aliphatic heterocycles. The van der Waals surface area contributed by atoms with Gasteiger partial charge in [-0.25, -0.2) is 0 Å². The number of rotatable bonds is 2. The summed E-state index contributed by atoms with van der Waals surface area (Å²) in [5, 5.41) is 3.32. The molecule has 1 aromatic carbocycles. The first-order valence-corrected chi connectivity index (χ1v) is 6.96. The van der Waals surface area contributed by atoms with Crippen LogP contribution >= 0.6 is 50.5 Å². The molecule has 0 fully saturated rings. The first-order chi connectivity index (χ1) is 7.59. The summed E-state index contributed by atoms with van der Waals surface area (Å²) in [6.07, 6.45) is 0. The van der Waals surface area contributed by atoms with Crippen molar-refractivity contribution in [2.45, 2.75) is 6.04 Å². The van der Waals surface area contributed by atoms with E-state index in [9.17, 15) is 0 Å². The molecule has 0 saturated carbocycles. The van der Waals surface area contributed by atoms with Gasteiger partial charge in [0.1, 0.15) is 0 Å². The van der Waals surface area contributed by atoms with Crippen LogP contribution in [0.2, 0.25) is 10.0 Å². The van der Waals surface area contributed by atoms with Crippen molar-refractivity contribution in [3.8, 4) is 0 Å². The maximum Gasteiger partial charge on any atom is 0.0661 e. The molecule has 1 aromatic heterocycles. The van der Waals surface area contributed by atoms with Crippen molar-refractivity contribution >= 4 is 50.5 Å². The number of hydrogen-bond donors (Lipinski definition) is 1. The zero-order valence-corrected chi connectivity index (χ0v) is 12.0. The van der Waals surface area contributed by atoms with Gasteiger partial charge in [0.25, 0.3) is 0 Å². The van der Waals surface area contributed by atoms with Crippen LogP contribution in [0.3, 0.4) is 0 Å². The van der Waals surface area contributed by atoms with Crippen molar-refractivity contribution in [1.82, 2.24) is 0 Å². The van der Waals surface area contributed by atoms with Gasteiger partial charge in [0.15, 0.2) is 0 Å². The quantitative estimate of drug-likeness (QED) is 0.832. The lowest BCUT2D eigenvalue weighted by molar-refractivity contribution is 0.893. The molecule has 1 atom stereocenters. The molecule has 0 aliphatic carbocycles. The number of halogens is 3. The molecular weight excluding hydrogens is 329 g/mol. The minimum atomic E-state index is -0.207. The SMILES string of the molecule is NC(c1ccc(Cl)c(Br)c1)c1sccc1Cl.